The van der Waals surface area contributed by atoms with Gasteiger partial charge in [-0.05, 0) is 19.3 Å². The predicted octanol–water partition coefficient (Wildman–Crippen LogP) is 2.13. The van der Waals surface area contributed by atoms with Crippen LogP contribution in [-0.2, 0) is 9.53 Å². The van der Waals surface area contributed by atoms with Crippen molar-refractivity contribution >= 4 is 5.97 Å². The molecule has 2 heteroatoms. The number of hydrogen-bond acceptors (Lipinski definition) is 2. The van der Waals surface area contributed by atoms with Crippen LogP contribution < -0.4 is 0 Å². The van der Waals surface area contributed by atoms with Crippen molar-refractivity contribution in [3.8, 4) is 0 Å². The third kappa shape index (κ3) is 2.91. The smallest absolute Gasteiger partial charge is 0.305 e. The average Bonchev–Trinajstić information content (AvgIpc) is 1.85. The molecule has 0 aliphatic heterocycles. The molecule has 1 saturated carbocycles. The van der Waals surface area contributed by atoms with E-state index in [1.807, 2.05) is 6.92 Å². The van der Waals surface area contributed by atoms with Gasteiger partial charge in [0.15, 0.2) is 0 Å². The Hall–Kier alpha value is -0.530. The van der Waals surface area contributed by atoms with Crippen molar-refractivity contribution in [3.05, 3.63) is 0 Å². The number of ether oxygens (including phenoxy) is 1. The largest absolute Gasteiger partial charge is 0.466 e. The molecule has 0 aromatic heterocycles. The van der Waals surface area contributed by atoms with Crippen LogP contribution in [0, 0.1) is 5.92 Å². The van der Waals surface area contributed by atoms with Gasteiger partial charge in [0, 0.05) is 6.42 Å². The number of carbonyl (C=O) groups excluding carboxylic acids is 1. The first-order valence-electron chi connectivity index (χ1n) is 4.48. The normalized spacial score (nSPS) is 17.5. The topological polar surface area (TPSA) is 26.3 Å². The van der Waals surface area contributed by atoms with Gasteiger partial charge in [0.25, 0.3) is 0 Å². The number of carbonyl (C=O) groups is 1. The summed E-state index contributed by atoms with van der Waals surface area (Å²) in [5.74, 6) is 0.791. The molecule has 0 spiro atoms. The minimum absolute atomic E-state index is 0.0283. The van der Waals surface area contributed by atoms with E-state index in [4.69, 9.17) is 4.74 Å². The molecule has 1 fully saturated rings. The second-order valence-electron chi connectivity index (χ2n) is 3.14. The Morgan fingerprint density at radius 3 is 2.73 bits per heavy atom. The van der Waals surface area contributed by atoms with Gasteiger partial charge in [-0.1, -0.05) is 19.3 Å². The van der Waals surface area contributed by atoms with Gasteiger partial charge in [0.1, 0.15) is 0 Å². The molecule has 1 aliphatic rings. The molecule has 0 N–H and O–H groups in total. The van der Waals surface area contributed by atoms with Gasteiger partial charge < -0.3 is 4.74 Å². The Morgan fingerprint density at radius 1 is 1.55 bits per heavy atom. The van der Waals surface area contributed by atoms with Crippen LogP contribution in [0.4, 0.5) is 0 Å². The zero-order valence-corrected chi connectivity index (χ0v) is 7.14. The molecule has 0 unspecified atom stereocenters. The van der Waals surface area contributed by atoms with Crippen LogP contribution in [0.2, 0.25) is 0 Å². The molecule has 0 bridgehead atoms. The third-order valence-corrected chi connectivity index (χ3v) is 2.29. The van der Waals surface area contributed by atoms with Gasteiger partial charge >= 0.3 is 5.97 Å². The minimum Gasteiger partial charge on any atom is -0.466 e. The Morgan fingerprint density at radius 2 is 2.27 bits per heavy atom. The lowest BCUT2D eigenvalue weighted by atomic mass is 9.82. The van der Waals surface area contributed by atoms with Gasteiger partial charge in [0.2, 0.25) is 0 Å². The van der Waals surface area contributed by atoms with Gasteiger partial charge in [-0.3, -0.25) is 4.79 Å². The molecule has 11 heavy (non-hydrogen) atoms. The lowest BCUT2D eigenvalue weighted by Gasteiger charge is -2.24. The lowest BCUT2D eigenvalue weighted by molar-refractivity contribution is -0.143. The van der Waals surface area contributed by atoms with Gasteiger partial charge in [0.05, 0.1) is 6.61 Å². The van der Waals surface area contributed by atoms with Crippen LogP contribution >= 0.6 is 0 Å². The third-order valence-electron chi connectivity index (χ3n) is 2.29. The SMILES string of the molecule is CCOC(=O)CCC1CCC1. The van der Waals surface area contributed by atoms with Crippen molar-refractivity contribution < 1.29 is 9.53 Å². The molecule has 0 atom stereocenters. The Kier molecular flexibility index (Phi) is 3.40. The highest BCUT2D eigenvalue weighted by Gasteiger charge is 2.18. The summed E-state index contributed by atoms with van der Waals surface area (Å²) in [4.78, 5) is 10.9. The molecule has 0 aromatic rings. The number of rotatable bonds is 4. The molecule has 0 saturated heterocycles. The first-order valence-corrected chi connectivity index (χ1v) is 4.48. The molecule has 2 nitrogen and oxygen atoms in total. The summed E-state index contributed by atoms with van der Waals surface area (Å²) < 4.78 is 4.82. The van der Waals surface area contributed by atoms with Crippen LogP contribution in [-0.4, -0.2) is 12.6 Å². The maximum absolute atomic E-state index is 10.9. The van der Waals surface area contributed by atoms with Gasteiger partial charge in [-0.25, -0.2) is 0 Å². The summed E-state index contributed by atoms with van der Waals surface area (Å²) in [6.45, 7) is 2.37. The average molecular weight is 156 g/mol. The van der Waals surface area contributed by atoms with E-state index in [0.29, 0.717) is 13.0 Å². The Balaban J connectivity index is 1.96. The lowest BCUT2D eigenvalue weighted by Crippen LogP contribution is -2.13. The monoisotopic (exact) mass is 156 g/mol. The van der Waals surface area contributed by atoms with E-state index < -0.39 is 0 Å². The number of esters is 1. The van der Waals surface area contributed by atoms with Gasteiger partial charge in [-0.15, -0.1) is 0 Å². The first kappa shape index (κ1) is 8.57. The van der Waals surface area contributed by atoms with Gasteiger partial charge in [-0.2, -0.15) is 0 Å². The molecule has 0 amide bonds. The van der Waals surface area contributed by atoms with Crippen molar-refractivity contribution in [3.63, 3.8) is 0 Å². The Labute approximate surface area is 67.9 Å². The summed E-state index contributed by atoms with van der Waals surface area (Å²) in [7, 11) is 0. The molecule has 64 valence electrons. The predicted molar refractivity (Wildman–Crippen MR) is 43.2 cm³/mol. The summed E-state index contributed by atoms with van der Waals surface area (Å²) in [6, 6.07) is 0. The van der Waals surface area contributed by atoms with Crippen molar-refractivity contribution in [2.24, 2.45) is 5.92 Å². The van der Waals surface area contributed by atoms with Crippen molar-refractivity contribution in [2.75, 3.05) is 6.61 Å². The van der Waals surface area contributed by atoms with E-state index in [0.717, 1.165) is 12.3 Å². The van der Waals surface area contributed by atoms with E-state index in [9.17, 15) is 4.79 Å². The maximum atomic E-state index is 10.9. The van der Waals surface area contributed by atoms with E-state index in [2.05, 4.69) is 0 Å². The standard InChI is InChI=1S/C9H16O2/c1-2-11-9(10)7-6-8-4-3-5-8/h8H,2-7H2,1H3. The summed E-state index contributed by atoms with van der Waals surface area (Å²) in [5.41, 5.74) is 0. The van der Waals surface area contributed by atoms with Crippen LogP contribution in [0.25, 0.3) is 0 Å². The van der Waals surface area contributed by atoms with E-state index in [1.165, 1.54) is 19.3 Å². The molecule has 1 aliphatic carbocycles. The highest BCUT2D eigenvalue weighted by Crippen LogP contribution is 2.30. The molecule has 0 heterocycles. The zero-order chi connectivity index (χ0) is 8.10. The van der Waals surface area contributed by atoms with Crippen molar-refractivity contribution in [2.45, 2.75) is 39.0 Å². The quantitative estimate of drug-likeness (QED) is 0.583. The fourth-order valence-corrected chi connectivity index (χ4v) is 1.34. The summed E-state index contributed by atoms with van der Waals surface area (Å²) in [5, 5.41) is 0. The van der Waals surface area contributed by atoms with Crippen molar-refractivity contribution in [1.82, 2.24) is 0 Å². The second-order valence-corrected chi connectivity index (χ2v) is 3.14. The van der Waals surface area contributed by atoms with E-state index in [-0.39, 0.29) is 5.97 Å². The summed E-state index contributed by atoms with van der Waals surface area (Å²) >= 11 is 0. The molecule has 0 radical (unpaired) electrons. The first-order chi connectivity index (χ1) is 5.33. The van der Waals surface area contributed by atoms with Crippen LogP contribution in [0.15, 0.2) is 0 Å². The zero-order valence-electron chi connectivity index (χ0n) is 7.14. The van der Waals surface area contributed by atoms with E-state index >= 15 is 0 Å². The van der Waals surface area contributed by atoms with Crippen LogP contribution in [0.3, 0.4) is 0 Å². The Bertz CT molecular complexity index is 128. The maximum Gasteiger partial charge on any atom is 0.305 e. The second kappa shape index (κ2) is 4.37. The van der Waals surface area contributed by atoms with Crippen LogP contribution in [0.5, 0.6) is 0 Å². The molecule has 1 rings (SSSR count). The fourth-order valence-electron chi connectivity index (χ4n) is 1.34. The fraction of sp³-hybridized carbons (Fsp3) is 0.889. The highest BCUT2D eigenvalue weighted by atomic mass is 16.5. The minimum atomic E-state index is -0.0283. The van der Waals surface area contributed by atoms with Crippen LogP contribution in [0.1, 0.15) is 39.0 Å². The summed E-state index contributed by atoms with van der Waals surface area (Å²) in [6.07, 6.45) is 5.66. The molecule has 0 aromatic carbocycles. The molecular weight excluding hydrogens is 140 g/mol. The number of hydrogen-bond donors (Lipinski definition) is 0. The molecular formula is C9H16O2. The van der Waals surface area contributed by atoms with E-state index in [1.54, 1.807) is 0 Å². The highest BCUT2D eigenvalue weighted by molar-refractivity contribution is 5.69. The van der Waals surface area contributed by atoms with Crippen molar-refractivity contribution in [1.29, 1.82) is 0 Å².